The molecule has 0 spiro atoms. The van der Waals surface area contributed by atoms with Gasteiger partial charge in [-0.25, -0.2) is 4.98 Å². The van der Waals surface area contributed by atoms with Crippen LogP contribution in [0.4, 0.5) is 5.69 Å². The van der Waals surface area contributed by atoms with Gasteiger partial charge in [0.2, 0.25) is 4.21 Å². The van der Waals surface area contributed by atoms with E-state index in [-0.39, 0.29) is 5.25 Å². The quantitative estimate of drug-likeness (QED) is 0.309. The smallest absolute Gasteiger partial charge is 0.232 e. The van der Waals surface area contributed by atoms with Crippen LogP contribution in [0, 0.1) is 0 Å². The first-order valence-corrected chi connectivity index (χ1v) is 11.6. The minimum atomic E-state index is -1.07. The molecule has 2 heterocycles. The Labute approximate surface area is 178 Å². The molecule has 3 aromatic rings. The van der Waals surface area contributed by atoms with Crippen molar-refractivity contribution in [3.63, 3.8) is 0 Å². The second kappa shape index (κ2) is 8.53. The molecule has 1 atom stereocenters. The fourth-order valence-corrected chi connectivity index (χ4v) is 6.58. The standard InChI is InChI=1S/C23H23N3OS2/c1-15(8-7-13-25-2)19-14-18(16-9-4-3-5-10-16)20-21(24)23(28-22(20)26-19)29(27)17-11-6-12-17/h3-5,7-10,13-14,17H,2,6,11-12,24H2,1H3/b13-7-,15-8+. The second-order valence-electron chi connectivity index (χ2n) is 7.13. The summed E-state index contributed by atoms with van der Waals surface area (Å²) in [6, 6.07) is 12.2. The highest BCUT2D eigenvalue weighted by atomic mass is 32.2. The Morgan fingerprint density at radius 3 is 2.76 bits per heavy atom. The zero-order valence-corrected chi connectivity index (χ0v) is 17.9. The number of nitrogens with zero attached hydrogens (tertiary/aromatic N) is 2. The zero-order chi connectivity index (χ0) is 20.4. The van der Waals surface area contributed by atoms with Crippen LogP contribution in [-0.2, 0) is 11.2 Å². The van der Waals surface area contributed by atoms with Crippen molar-refractivity contribution in [1.82, 2.24) is 4.98 Å². The molecular formula is C23H23N3OS2. The largest absolute Gasteiger partial charge is 0.611 e. The molecule has 0 bridgehead atoms. The SMILES string of the molecule is C=N/C=C\C=C(/C)c1cc(-c2ccccc2)c2c(N)c([S+]([O-])C3CCC3)sc2n1. The lowest BCUT2D eigenvalue weighted by Gasteiger charge is -2.27. The molecule has 0 aliphatic heterocycles. The van der Waals surface area contributed by atoms with E-state index in [0.29, 0.717) is 5.69 Å². The highest BCUT2D eigenvalue weighted by Crippen LogP contribution is 2.45. The summed E-state index contributed by atoms with van der Waals surface area (Å²) >= 11 is 0.403. The maximum atomic E-state index is 13.0. The van der Waals surface area contributed by atoms with E-state index in [2.05, 4.69) is 29.9 Å². The summed E-state index contributed by atoms with van der Waals surface area (Å²) in [6.07, 6.45) is 8.61. The summed E-state index contributed by atoms with van der Waals surface area (Å²) in [7, 11) is 0. The van der Waals surface area contributed by atoms with E-state index in [0.717, 1.165) is 56.1 Å². The van der Waals surface area contributed by atoms with Crippen molar-refractivity contribution in [2.45, 2.75) is 35.6 Å². The van der Waals surface area contributed by atoms with Crippen LogP contribution in [0.15, 0.2) is 64.0 Å². The summed E-state index contributed by atoms with van der Waals surface area (Å²) in [4.78, 5) is 9.43. The highest BCUT2D eigenvalue weighted by Gasteiger charge is 2.35. The number of aromatic nitrogens is 1. The number of hydrogen-bond acceptors (Lipinski definition) is 5. The Kier molecular flexibility index (Phi) is 5.85. The van der Waals surface area contributed by atoms with Gasteiger partial charge in [0, 0.05) is 22.8 Å². The molecule has 1 aliphatic carbocycles. The second-order valence-corrected chi connectivity index (χ2v) is 10.1. The number of fused-ring (bicyclic) bond motifs is 1. The van der Waals surface area contributed by atoms with Crippen LogP contribution in [0.25, 0.3) is 26.9 Å². The molecular weight excluding hydrogens is 398 g/mol. The van der Waals surface area contributed by atoms with Gasteiger partial charge in [0.1, 0.15) is 15.8 Å². The van der Waals surface area contributed by atoms with Crippen LogP contribution in [0.1, 0.15) is 31.9 Å². The lowest BCUT2D eigenvalue weighted by Crippen LogP contribution is -2.28. The zero-order valence-electron chi connectivity index (χ0n) is 16.3. The van der Waals surface area contributed by atoms with Gasteiger partial charge in [0.15, 0.2) is 0 Å². The summed E-state index contributed by atoms with van der Waals surface area (Å²) in [5.41, 5.74) is 11.1. The predicted octanol–water partition coefficient (Wildman–Crippen LogP) is 5.82. The third kappa shape index (κ3) is 3.88. The van der Waals surface area contributed by atoms with E-state index >= 15 is 0 Å². The first-order valence-electron chi connectivity index (χ1n) is 9.58. The van der Waals surface area contributed by atoms with Gasteiger partial charge in [-0.1, -0.05) is 47.7 Å². The fraction of sp³-hybridized carbons (Fsp3) is 0.217. The van der Waals surface area contributed by atoms with Crippen LogP contribution in [-0.4, -0.2) is 21.5 Å². The van der Waals surface area contributed by atoms with E-state index in [4.69, 9.17) is 10.7 Å². The molecule has 1 aromatic carbocycles. The minimum Gasteiger partial charge on any atom is -0.611 e. The Balaban J connectivity index is 1.90. The van der Waals surface area contributed by atoms with Crippen LogP contribution < -0.4 is 5.73 Å². The Bertz CT molecular complexity index is 1100. The van der Waals surface area contributed by atoms with Gasteiger partial charge in [0.05, 0.1) is 5.69 Å². The number of benzene rings is 1. The van der Waals surface area contributed by atoms with Gasteiger partial charge in [-0.3, -0.25) is 4.99 Å². The third-order valence-corrected chi connectivity index (χ3v) is 8.53. The Morgan fingerprint density at radius 2 is 2.10 bits per heavy atom. The monoisotopic (exact) mass is 421 g/mol. The molecule has 0 amide bonds. The highest BCUT2D eigenvalue weighted by molar-refractivity contribution is 7.94. The van der Waals surface area contributed by atoms with Crippen molar-refractivity contribution in [3.8, 4) is 11.1 Å². The van der Waals surface area contributed by atoms with Gasteiger partial charge >= 0.3 is 0 Å². The van der Waals surface area contributed by atoms with Gasteiger partial charge < -0.3 is 10.3 Å². The molecule has 4 nitrogen and oxygen atoms in total. The molecule has 4 rings (SSSR count). The summed E-state index contributed by atoms with van der Waals surface area (Å²) < 4.78 is 13.8. The Hall–Kier alpha value is -2.41. The van der Waals surface area contributed by atoms with Crippen LogP contribution in [0.2, 0.25) is 0 Å². The molecule has 1 saturated carbocycles. The normalized spacial score (nSPS) is 16.3. The van der Waals surface area contributed by atoms with Crippen LogP contribution >= 0.6 is 11.3 Å². The summed E-state index contributed by atoms with van der Waals surface area (Å²) in [6.45, 7) is 5.47. The number of anilines is 1. The van der Waals surface area contributed by atoms with Gasteiger partial charge in [-0.2, -0.15) is 0 Å². The fourth-order valence-electron chi connectivity index (χ4n) is 3.37. The topological polar surface area (TPSA) is 74.3 Å². The molecule has 0 radical (unpaired) electrons. The molecule has 6 heteroatoms. The molecule has 2 aromatic heterocycles. The lowest BCUT2D eigenvalue weighted by molar-refractivity contribution is 0.478. The molecule has 1 aliphatic rings. The molecule has 29 heavy (non-hydrogen) atoms. The Morgan fingerprint density at radius 1 is 1.34 bits per heavy atom. The lowest BCUT2D eigenvalue weighted by atomic mass is 10.00. The van der Waals surface area contributed by atoms with Crippen LogP contribution in [0.3, 0.4) is 0 Å². The van der Waals surface area contributed by atoms with E-state index in [9.17, 15) is 4.55 Å². The van der Waals surface area contributed by atoms with E-state index in [1.165, 1.54) is 11.3 Å². The first-order chi connectivity index (χ1) is 14.1. The van der Waals surface area contributed by atoms with Crippen molar-refractivity contribution in [2.24, 2.45) is 4.99 Å². The average molecular weight is 422 g/mol. The third-order valence-electron chi connectivity index (χ3n) is 5.23. The number of hydrogen-bond donors (Lipinski definition) is 1. The van der Waals surface area contributed by atoms with Crippen molar-refractivity contribution >= 4 is 50.7 Å². The predicted molar refractivity (Wildman–Crippen MR) is 126 cm³/mol. The first kappa shape index (κ1) is 19.9. The van der Waals surface area contributed by atoms with Gasteiger partial charge in [0.25, 0.3) is 0 Å². The average Bonchev–Trinajstić information content (AvgIpc) is 3.03. The van der Waals surface area contributed by atoms with Crippen molar-refractivity contribution in [3.05, 3.63) is 60.4 Å². The van der Waals surface area contributed by atoms with Gasteiger partial charge in [-0.15, -0.1) is 0 Å². The van der Waals surface area contributed by atoms with Crippen molar-refractivity contribution in [2.75, 3.05) is 5.73 Å². The number of nitrogens with two attached hydrogens (primary N) is 1. The molecule has 1 fully saturated rings. The maximum Gasteiger partial charge on any atom is 0.232 e. The minimum absolute atomic E-state index is 0.225. The van der Waals surface area contributed by atoms with Crippen LogP contribution in [0.5, 0.6) is 0 Å². The maximum absolute atomic E-state index is 13.0. The van der Waals surface area contributed by atoms with E-state index in [1.54, 1.807) is 6.20 Å². The number of rotatable bonds is 6. The molecule has 1 unspecified atom stereocenters. The van der Waals surface area contributed by atoms with Crippen molar-refractivity contribution < 1.29 is 4.55 Å². The van der Waals surface area contributed by atoms with Gasteiger partial charge in [-0.05, 0) is 61.7 Å². The summed E-state index contributed by atoms with van der Waals surface area (Å²) in [5, 5.41) is 1.13. The van der Waals surface area contributed by atoms with E-state index in [1.807, 2.05) is 37.3 Å². The summed E-state index contributed by atoms with van der Waals surface area (Å²) in [5.74, 6) is 0. The number of allylic oxidation sites excluding steroid dienone is 3. The van der Waals surface area contributed by atoms with E-state index < -0.39 is 11.2 Å². The molecule has 148 valence electrons. The number of pyridine rings is 1. The molecule has 0 saturated heterocycles. The van der Waals surface area contributed by atoms with Crippen molar-refractivity contribution in [1.29, 1.82) is 0 Å². The number of aliphatic imine (C=N–C) groups is 1. The molecule has 2 N–H and O–H groups in total. The number of nitrogen functional groups attached to an aromatic ring is 1. The number of thiophene rings is 1.